The van der Waals surface area contributed by atoms with Crippen molar-refractivity contribution in [1.29, 1.82) is 0 Å². The lowest BCUT2D eigenvalue weighted by atomic mass is 9.90. The Bertz CT molecular complexity index is 272. The van der Waals surface area contributed by atoms with Gasteiger partial charge in [-0.1, -0.05) is 32.4 Å². The number of aromatic nitrogens is 2. The van der Waals surface area contributed by atoms with Crippen LogP contribution in [0.5, 0.6) is 0 Å². The highest BCUT2D eigenvalue weighted by Crippen LogP contribution is 2.23. The molecule has 5 heteroatoms. The highest BCUT2D eigenvalue weighted by molar-refractivity contribution is 6.99. The molecule has 1 aromatic heterocycles. The SMILES string of the molecule is CCC(C)(C)CNc1nsnc1Cl. The second-order valence-corrected chi connectivity index (χ2v) is 4.66. The molecule has 1 N–H and O–H groups in total. The van der Waals surface area contributed by atoms with Crippen LogP contribution in [0.4, 0.5) is 5.82 Å². The van der Waals surface area contributed by atoms with Crippen LogP contribution < -0.4 is 5.32 Å². The van der Waals surface area contributed by atoms with Gasteiger partial charge in [0.2, 0.25) is 0 Å². The minimum absolute atomic E-state index is 0.271. The summed E-state index contributed by atoms with van der Waals surface area (Å²) in [6.45, 7) is 7.44. The van der Waals surface area contributed by atoms with Crippen LogP contribution in [-0.2, 0) is 0 Å². The first-order valence-corrected chi connectivity index (χ1v) is 5.38. The number of anilines is 1. The minimum Gasteiger partial charge on any atom is -0.366 e. The van der Waals surface area contributed by atoms with Gasteiger partial charge in [0.15, 0.2) is 11.0 Å². The van der Waals surface area contributed by atoms with Crippen LogP contribution in [0.25, 0.3) is 0 Å². The van der Waals surface area contributed by atoms with Crippen molar-refractivity contribution < 1.29 is 0 Å². The molecule has 13 heavy (non-hydrogen) atoms. The molecule has 0 saturated heterocycles. The third kappa shape index (κ3) is 3.12. The zero-order valence-electron chi connectivity index (χ0n) is 8.09. The summed E-state index contributed by atoms with van der Waals surface area (Å²) in [6, 6.07) is 0. The number of hydrogen-bond donors (Lipinski definition) is 1. The van der Waals surface area contributed by atoms with Gasteiger partial charge in [0.1, 0.15) is 0 Å². The highest BCUT2D eigenvalue weighted by Gasteiger charge is 2.16. The summed E-state index contributed by atoms with van der Waals surface area (Å²) in [7, 11) is 0. The Kier molecular flexibility index (Phi) is 3.50. The standard InChI is InChI=1S/C8H14ClN3S/c1-4-8(2,3)5-10-7-6(9)11-13-12-7/h4-5H2,1-3H3,(H,10,12). The second kappa shape index (κ2) is 4.24. The Balaban J connectivity index is 2.48. The van der Waals surface area contributed by atoms with Gasteiger partial charge in [-0.3, -0.25) is 0 Å². The monoisotopic (exact) mass is 219 g/mol. The molecule has 1 heterocycles. The molecule has 74 valence electrons. The number of nitrogens with zero attached hydrogens (tertiary/aromatic N) is 2. The maximum atomic E-state index is 5.79. The molecule has 0 spiro atoms. The maximum Gasteiger partial charge on any atom is 0.186 e. The largest absolute Gasteiger partial charge is 0.366 e. The van der Waals surface area contributed by atoms with Crippen molar-refractivity contribution in [3.63, 3.8) is 0 Å². The molecule has 0 unspecified atom stereocenters. The predicted molar refractivity (Wildman–Crippen MR) is 57.5 cm³/mol. The Morgan fingerprint density at radius 1 is 1.46 bits per heavy atom. The predicted octanol–water partition coefficient (Wildman–Crippen LogP) is 3.04. The van der Waals surface area contributed by atoms with E-state index >= 15 is 0 Å². The van der Waals surface area contributed by atoms with E-state index in [2.05, 4.69) is 34.8 Å². The molecule has 0 radical (unpaired) electrons. The molecule has 0 aliphatic carbocycles. The van der Waals surface area contributed by atoms with Crippen molar-refractivity contribution in [2.75, 3.05) is 11.9 Å². The van der Waals surface area contributed by atoms with E-state index in [1.807, 2.05) is 0 Å². The van der Waals surface area contributed by atoms with Gasteiger partial charge >= 0.3 is 0 Å². The zero-order chi connectivity index (χ0) is 9.90. The summed E-state index contributed by atoms with van der Waals surface area (Å²) in [5.74, 6) is 0.702. The first-order chi connectivity index (χ1) is 6.05. The van der Waals surface area contributed by atoms with Crippen LogP contribution in [0, 0.1) is 5.41 Å². The lowest BCUT2D eigenvalue weighted by molar-refractivity contribution is 0.376. The number of nitrogens with one attached hydrogen (secondary N) is 1. The van der Waals surface area contributed by atoms with E-state index < -0.39 is 0 Å². The van der Waals surface area contributed by atoms with Crippen molar-refractivity contribution in [3.05, 3.63) is 5.15 Å². The first kappa shape index (κ1) is 10.7. The van der Waals surface area contributed by atoms with Crippen molar-refractivity contribution in [2.24, 2.45) is 5.41 Å². The Labute approximate surface area is 87.8 Å². The van der Waals surface area contributed by atoms with Crippen molar-refractivity contribution in [1.82, 2.24) is 8.75 Å². The van der Waals surface area contributed by atoms with Crippen LogP contribution in [0.3, 0.4) is 0 Å². The third-order valence-corrected chi connectivity index (χ3v) is 3.03. The fraction of sp³-hybridized carbons (Fsp3) is 0.750. The van der Waals surface area contributed by atoms with Crippen LogP contribution in [0.1, 0.15) is 27.2 Å². The van der Waals surface area contributed by atoms with Crippen molar-refractivity contribution in [3.8, 4) is 0 Å². The molecular formula is C8H14ClN3S. The second-order valence-electron chi connectivity index (χ2n) is 3.77. The molecule has 0 aromatic carbocycles. The Hall–Kier alpha value is -0.350. The first-order valence-electron chi connectivity index (χ1n) is 4.27. The molecule has 0 atom stereocenters. The molecule has 3 nitrogen and oxygen atoms in total. The number of halogens is 1. The normalized spacial score (nSPS) is 11.7. The summed E-state index contributed by atoms with van der Waals surface area (Å²) in [4.78, 5) is 0. The minimum atomic E-state index is 0.271. The van der Waals surface area contributed by atoms with E-state index in [1.54, 1.807) is 0 Å². The van der Waals surface area contributed by atoms with E-state index in [4.69, 9.17) is 11.6 Å². The average Bonchev–Trinajstić information content (AvgIpc) is 2.48. The fourth-order valence-corrected chi connectivity index (χ4v) is 1.41. The topological polar surface area (TPSA) is 37.8 Å². The van der Waals surface area contributed by atoms with E-state index in [0.29, 0.717) is 11.0 Å². The molecule has 1 rings (SSSR count). The van der Waals surface area contributed by atoms with E-state index in [0.717, 1.165) is 24.7 Å². The van der Waals surface area contributed by atoms with Crippen LogP contribution in [-0.4, -0.2) is 15.3 Å². The molecule has 0 aliphatic rings. The molecule has 1 aromatic rings. The Morgan fingerprint density at radius 3 is 2.62 bits per heavy atom. The van der Waals surface area contributed by atoms with Crippen molar-refractivity contribution >= 4 is 29.1 Å². The van der Waals surface area contributed by atoms with Gasteiger partial charge in [0.25, 0.3) is 0 Å². The lowest BCUT2D eigenvalue weighted by Gasteiger charge is -2.22. The highest BCUT2D eigenvalue weighted by atomic mass is 35.5. The molecule has 0 aliphatic heterocycles. The quantitative estimate of drug-likeness (QED) is 0.846. The van der Waals surface area contributed by atoms with Gasteiger partial charge in [-0.15, -0.1) is 0 Å². The van der Waals surface area contributed by atoms with Crippen LogP contribution in [0.2, 0.25) is 5.15 Å². The summed E-state index contributed by atoms with van der Waals surface area (Å²) in [5.41, 5.74) is 0.271. The fourth-order valence-electron chi connectivity index (χ4n) is 0.731. The zero-order valence-corrected chi connectivity index (χ0v) is 9.67. The number of hydrogen-bond acceptors (Lipinski definition) is 4. The van der Waals surface area contributed by atoms with E-state index in [1.165, 1.54) is 0 Å². The van der Waals surface area contributed by atoms with Crippen molar-refractivity contribution in [2.45, 2.75) is 27.2 Å². The van der Waals surface area contributed by atoms with Gasteiger partial charge in [-0.2, -0.15) is 8.75 Å². The Morgan fingerprint density at radius 2 is 2.15 bits per heavy atom. The molecular weight excluding hydrogens is 206 g/mol. The summed E-state index contributed by atoms with van der Waals surface area (Å²) in [5, 5.41) is 3.66. The van der Waals surface area contributed by atoms with Gasteiger partial charge in [0.05, 0.1) is 11.7 Å². The molecule has 0 fully saturated rings. The smallest absolute Gasteiger partial charge is 0.186 e. The third-order valence-electron chi connectivity index (χ3n) is 2.14. The summed E-state index contributed by atoms with van der Waals surface area (Å²) < 4.78 is 7.92. The molecule has 0 saturated carbocycles. The number of rotatable bonds is 4. The summed E-state index contributed by atoms with van der Waals surface area (Å²) >= 11 is 6.92. The molecule has 0 bridgehead atoms. The lowest BCUT2D eigenvalue weighted by Crippen LogP contribution is -2.22. The van der Waals surface area contributed by atoms with Gasteiger partial charge < -0.3 is 5.32 Å². The van der Waals surface area contributed by atoms with E-state index in [9.17, 15) is 0 Å². The molecule has 0 amide bonds. The maximum absolute atomic E-state index is 5.79. The van der Waals surface area contributed by atoms with Crippen LogP contribution >= 0.6 is 23.3 Å². The van der Waals surface area contributed by atoms with E-state index in [-0.39, 0.29) is 5.41 Å². The average molecular weight is 220 g/mol. The van der Waals surface area contributed by atoms with Gasteiger partial charge in [0, 0.05) is 6.54 Å². The summed E-state index contributed by atoms with van der Waals surface area (Å²) in [6.07, 6.45) is 1.12. The van der Waals surface area contributed by atoms with Gasteiger partial charge in [-0.25, -0.2) is 0 Å². The van der Waals surface area contributed by atoms with Crippen LogP contribution in [0.15, 0.2) is 0 Å². The van der Waals surface area contributed by atoms with Gasteiger partial charge in [-0.05, 0) is 11.8 Å².